The van der Waals surface area contributed by atoms with Gasteiger partial charge in [0, 0.05) is 18.1 Å². The minimum atomic E-state index is -0.396. The molecule has 0 saturated heterocycles. The summed E-state index contributed by atoms with van der Waals surface area (Å²) in [7, 11) is 0. The number of anilines is 2. The van der Waals surface area contributed by atoms with Crippen LogP contribution < -0.4 is 11.1 Å². The normalized spacial score (nSPS) is 10.1. The summed E-state index contributed by atoms with van der Waals surface area (Å²) in [6, 6.07) is 1.70. The van der Waals surface area contributed by atoms with Crippen LogP contribution in [0.15, 0.2) is 29.1 Å². The third kappa shape index (κ3) is 2.00. The van der Waals surface area contributed by atoms with Crippen LogP contribution in [0.25, 0.3) is 0 Å². The number of hydrogen-bond donors (Lipinski definition) is 2. The summed E-state index contributed by atoms with van der Waals surface area (Å²) in [6.07, 6.45) is 4.35. The maximum Gasteiger partial charge on any atom is 0.301 e. The van der Waals surface area contributed by atoms with Gasteiger partial charge in [0.05, 0.1) is 11.3 Å². The molecule has 0 aliphatic carbocycles. The first-order valence-corrected chi connectivity index (χ1v) is 4.60. The Kier molecular flexibility index (Phi) is 2.55. The molecule has 0 bridgehead atoms. The molecule has 2 rings (SSSR count). The Labute approximate surface area is 91.5 Å². The van der Waals surface area contributed by atoms with Crippen LogP contribution >= 0.6 is 0 Å². The number of nitrogens with one attached hydrogen (secondary N) is 1. The van der Waals surface area contributed by atoms with Crippen molar-refractivity contribution in [3.05, 3.63) is 36.0 Å². The molecule has 82 valence electrons. The number of hydrogen-bond acceptors (Lipinski definition) is 5. The van der Waals surface area contributed by atoms with Crippen molar-refractivity contribution in [1.82, 2.24) is 9.97 Å². The predicted octanol–water partition coefficient (Wildman–Crippen LogP) is 1.21. The lowest BCUT2D eigenvalue weighted by atomic mass is 10.2. The van der Waals surface area contributed by atoms with Gasteiger partial charge in [-0.1, -0.05) is 0 Å². The van der Waals surface area contributed by atoms with E-state index in [1.54, 1.807) is 13.0 Å². The summed E-state index contributed by atoms with van der Waals surface area (Å²) < 4.78 is 4.99. The molecule has 0 unspecified atom stereocenters. The second-order valence-electron chi connectivity index (χ2n) is 3.21. The third-order valence-electron chi connectivity index (χ3n) is 1.94. The summed E-state index contributed by atoms with van der Waals surface area (Å²) >= 11 is 0. The van der Waals surface area contributed by atoms with Gasteiger partial charge in [-0.25, -0.2) is 0 Å². The number of amides is 1. The first-order valence-electron chi connectivity index (χ1n) is 4.60. The second kappa shape index (κ2) is 4.01. The molecule has 0 aliphatic rings. The van der Waals surface area contributed by atoms with Gasteiger partial charge in [0.15, 0.2) is 0 Å². The van der Waals surface area contributed by atoms with Gasteiger partial charge in [0.1, 0.15) is 6.26 Å². The number of nitrogen functional groups attached to an aromatic ring is 1. The Morgan fingerprint density at radius 2 is 2.38 bits per heavy atom. The third-order valence-corrected chi connectivity index (χ3v) is 1.94. The van der Waals surface area contributed by atoms with Gasteiger partial charge in [0.25, 0.3) is 5.91 Å². The van der Waals surface area contributed by atoms with Crippen LogP contribution in [0.3, 0.4) is 0 Å². The number of pyridine rings is 1. The number of nitrogens with zero attached hydrogens (tertiary/aromatic N) is 2. The van der Waals surface area contributed by atoms with Crippen LogP contribution in [0.1, 0.15) is 16.1 Å². The standard InChI is InChI=1S/C10H10N4O2/c1-6-5-16-10(13-6)14-9(15)7-4-12-3-2-8(7)11/h2-5H,1H3,(H2,11,12)(H,13,14,15). The fourth-order valence-electron chi connectivity index (χ4n) is 1.17. The quantitative estimate of drug-likeness (QED) is 0.790. The van der Waals surface area contributed by atoms with E-state index in [1.165, 1.54) is 18.7 Å². The number of nitrogens with two attached hydrogens (primary N) is 1. The number of carbonyl (C=O) groups excluding carboxylic acids is 1. The molecule has 6 heteroatoms. The number of oxazole rings is 1. The van der Waals surface area contributed by atoms with Gasteiger partial charge in [-0.2, -0.15) is 4.98 Å². The minimum Gasteiger partial charge on any atom is -0.432 e. The van der Waals surface area contributed by atoms with Crippen LogP contribution in [-0.4, -0.2) is 15.9 Å². The van der Waals surface area contributed by atoms with E-state index in [0.717, 1.165) is 0 Å². The molecule has 0 aromatic carbocycles. The molecular formula is C10H10N4O2. The number of carbonyl (C=O) groups is 1. The molecule has 0 aliphatic heterocycles. The lowest BCUT2D eigenvalue weighted by molar-refractivity contribution is 0.102. The van der Waals surface area contributed by atoms with Gasteiger partial charge >= 0.3 is 6.01 Å². The van der Waals surface area contributed by atoms with E-state index in [-0.39, 0.29) is 6.01 Å². The van der Waals surface area contributed by atoms with Gasteiger partial charge in [-0.15, -0.1) is 0 Å². The van der Waals surface area contributed by atoms with Gasteiger partial charge in [0.2, 0.25) is 0 Å². The van der Waals surface area contributed by atoms with Crippen molar-refractivity contribution < 1.29 is 9.21 Å². The zero-order valence-corrected chi connectivity index (χ0v) is 8.60. The molecule has 1 amide bonds. The Balaban J connectivity index is 2.18. The molecule has 0 fully saturated rings. The van der Waals surface area contributed by atoms with E-state index < -0.39 is 5.91 Å². The van der Waals surface area contributed by atoms with E-state index in [1.807, 2.05) is 0 Å². The smallest absolute Gasteiger partial charge is 0.301 e. The zero-order chi connectivity index (χ0) is 11.5. The Bertz CT molecular complexity index is 521. The molecule has 16 heavy (non-hydrogen) atoms. The van der Waals surface area contributed by atoms with Crippen LogP contribution in [0, 0.1) is 6.92 Å². The lowest BCUT2D eigenvalue weighted by Crippen LogP contribution is -2.14. The highest BCUT2D eigenvalue weighted by Gasteiger charge is 2.12. The van der Waals surface area contributed by atoms with E-state index in [9.17, 15) is 4.79 Å². The average molecular weight is 218 g/mol. The van der Waals surface area contributed by atoms with Crippen molar-refractivity contribution in [3.63, 3.8) is 0 Å². The SMILES string of the molecule is Cc1coc(NC(=O)c2cnccc2N)n1. The summed E-state index contributed by atoms with van der Waals surface area (Å²) in [5.74, 6) is -0.396. The maximum absolute atomic E-state index is 11.7. The zero-order valence-electron chi connectivity index (χ0n) is 8.60. The average Bonchev–Trinajstić information content (AvgIpc) is 2.64. The van der Waals surface area contributed by atoms with E-state index in [0.29, 0.717) is 16.9 Å². The number of rotatable bonds is 2. The highest BCUT2D eigenvalue weighted by molar-refractivity contribution is 6.06. The summed E-state index contributed by atoms with van der Waals surface area (Å²) in [5, 5.41) is 2.48. The molecule has 3 N–H and O–H groups in total. The first kappa shape index (κ1) is 10.2. The number of aromatic nitrogens is 2. The Hall–Kier alpha value is -2.37. The van der Waals surface area contributed by atoms with Crippen LogP contribution in [0.2, 0.25) is 0 Å². The van der Waals surface area contributed by atoms with Gasteiger partial charge in [-0.3, -0.25) is 15.1 Å². The van der Waals surface area contributed by atoms with Crippen LogP contribution in [-0.2, 0) is 0 Å². The van der Waals surface area contributed by atoms with Crippen molar-refractivity contribution in [2.45, 2.75) is 6.92 Å². The van der Waals surface area contributed by atoms with Crippen LogP contribution in [0.4, 0.5) is 11.7 Å². The largest absolute Gasteiger partial charge is 0.432 e. The monoisotopic (exact) mass is 218 g/mol. The summed E-state index contributed by atoms with van der Waals surface area (Å²) in [4.78, 5) is 19.5. The van der Waals surface area contributed by atoms with E-state index in [2.05, 4.69) is 15.3 Å². The molecule has 2 aromatic rings. The summed E-state index contributed by atoms with van der Waals surface area (Å²) in [5.41, 5.74) is 6.97. The summed E-state index contributed by atoms with van der Waals surface area (Å²) in [6.45, 7) is 1.76. The molecule has 0 radical (unpaired) electrons. The van der Waals surface area contributed by atoms with E-state index >= 15 is 0 Å². The molecule has 2 aromatic heterocycles. The highest BCUT2D eigenvalue weighted by atomic mass is 16.4. The predicted molar refractivity (Wildman–Crippen MR) is 57.8 cm³/mol. The van der Waals surface area contributed by atoms with Crippen molar-refractivity contribution >= 4 is 17.6 Å². The topological polar surface area (TPSA) is 94.0 Å². The lowest BCUT2D eigenvalue weighted by Gasteiger charge is -2.02. The molecule has 0 saturated carbocycles. The fourth-order valence-corrected chi connectivity index (χ4v) is 1.17. The van der Waals surface area contributed by atoms with E-state index in [4.69, 9.17) is 10.2 Å². The minimum absolute atomic E-state index is 0.144. The maximum atomic E-state index is 11.7. The fraction of sp³-hybridized carbons (Fsp3) is 0.100. The molecule has 6 nitrogen and oxygen atoms in total. The van der Waals surface area contributed by atoms with Gasteiger partial charge in [-0.05, 0) is 13.0 Å². The van der Waals surface area contributed by atoms with Crippen LogP contribution in [0.5, 0.6) is 0 Å². The van der Waals surface area contributed by atoms with Crippen molar-refractivity contribution in [2.24, 2.45) is 0 Å². The Morgan fingerprint density at radius 1 is 1.56 bits per heavy atom. The number of aryl methyl sites for hydroxylation is 1. The Morgan fingerprint density at radius 3 is 3.00 bits per heavy atom. The van der Waals surface area contributed by atoms with Gasteiger partial charge < -0.3 is 10.2 Å². The molecule has 0 spiro atoms. The molecule has 2 heterocycles. The molecule has 0 atom stereocenters. The highest BCUT2D eigenvalue weighted by Crippen LogP contribution is 2.12. The second-order valence-corrected chi connectivity index (χ2v) is 3.21. The molecular weight excluding hydrogens is 208 g/mol. The first-order chi connectivity index (χ1) is 7.66. The van der Waals surface area contributed by atoms with Crippen molar-refractivity contribution in [3.8, 4) is 0 Å². The van der Waals surface area contributed by atoms with Crippen molar-refractivity contribution in [1.29, 1.82) is 0 Å². The van der Waals surface area contributed by atoms with Crippen molar-refractivity contribution in [2.75, 3.05) is 11.1 Å².